The van der Waals surface area contributed by atoms with Gasteiger partial charge in [-0.25, -0.2) is 0 Å². The number of nitrogens with zero attached hydrogens (tertiary/aromatic N) is 2. The number of ether oxygens (including phenoxy) is 5. The highest BCUT2D eigenvalue weighted by molar-refractivity contribution is 7.98. The summed E-state index contributed by atoms with van der Waals surface area (Å²) in [5, 5.41) is 24.8. The van der Waals surface area contributed by atoms with Crippen LogP contribution in [-0.4, -0.2) is 91.7 Å². The highest BCUT2D eigenvalue weighted by Crippen LogP contribution is 2.62. The fourth-order valence-electron chi connectivity index (χ4n) is 9.74. The topological polar surface area (TPSA) is 129 Å². The molecule has 1 saturated carbocycles. The molecular weight excluding hydrogens is 793 g/mol. The Morgan fingerprint density at radius 1 is 1.00 bits per heavy atom. The SMILES string of the molecule is C=CCO[C@@]12Oc3ccc(Oc4ccc(SC)cc4)cc3[C@H]3[C@H](CCCCO)[C@@H](CCCCO)C=C(C(=NOC4CCCCO4)C[C@@H]1N(C)C(=O)Cc1cccc(OC)c1)[C@H]32. The number of hydrogen-bond acceptors (Lipinski definition) is 11. The number of amides is 1. The molecule has 328 valence electrons. The second-order valence-corrected chi connectivity index (χ2v) is 17.4. The van der Waals surface area contributed by atoms with Gasteiger partial charge in [-0.2, -0.15) is 0 Å². The van der Waals surface area contributed by atoms with Crippen LogP contribution in [0.1, 0.15) is 81.3 Å². The summed E-state index contributed by atoms with van der Waals surface area (Å²) < 4.78 is 32.4. The van der Waals surface area contributed by atoms with Crippen LogP contribution < -0.4 is 14.2 Å². The Bertz CT molecular complexity index is 2000. The Labute approximate surface area is 365 Å². The van der Waals surface area contributed by atoms with Crippen LogP contribution in [0.25, 0.3) is 0 Å². The average Bonchev–Trinajstić information content (AvgIpc) is 3.29. The van der Waals surface area contributed by atoms with Crippen molar-refractivity contribution in [1.82, 2.24) is 4.90 Å². The number of methoxy groups -OCH3 is 1. The van der Waals surface area contributed by atoms with Gasteiger partial charge in [0.05, 0.1) is 38.4 Å². The number of fused-ring (bicyclic) bond motifs is 2. The molecule has 0 bridgehead atoms. The smallest absolute Gasteiger partial charge is 0.239 e. The van der Waals surface area contributed by atoms with Crippen LogP contribution in [-0.2, 0) is 25.5 Å². The van der Waals surface area contributed by atoms with Gasteiger partial charge in [-0.15, -0.1) is 18.3 Å². The summed E-state index contributed by atoms with van der Waals surface area (Å²) in [5.74, 6) is 0.905. The van der Waals surface area contributed by atoms with E-state index in [-0.39, 0.29) is 49.9 Å². The summed E-state index contributed by atoms with van der Waals surface area (Å²) in [6, 6.07) is 21.0. The molecule has 1 unspecified atom stereocenters. The standard InChI is InChI=1S/C49H62N2O9S/c1-5-26-57-49-44(51(2)45(54)29-33-13-12-15-36(28-33)55-3)32-42(50-60-46-17-8-11-27-56-46)40-30-34(14-6-9-24-52)39(16-7-10-25-53)47(48(40)49)41-31-37(20-23-43(41)59-49)58-35-18-21-38(61-4)22-19-35/h5,12-13,15,18-23,28,30-31,34,39,44,46-48,52-53H,1,6-11,14,16-17,24-27,29,32H2,2-4H3/t34-,39+,44-,46?,47+,48+,49+/m0/s1. The van der Waals surface area contributed by atoms with Crippen molar-refractivity contribution >= 4 is 23.4 Å². The van der Waals surface area contributed by atoms with E-state index in [0.29, 0.717) is 43.1 Å². The quantitative estimate of drug-likeness (QED) is 0.0492. The molecular formula is C49H62N2O9S. The summed E-state index contributed by atoms with van der Waals surface area (Å²) in [7, 11) is 3.45. The predicted octanol–water partition coefficient (Wildman–Crippen LogP) is 9.07. The maximum Gasteiger partial charge on any atom is 0.239 e. The first-order chi connectivity index (χ1) is 29.8. The van der Waals surface area contributed by atoms with Crippen LogP contribution in [0.2, 0.25) is 0 Å². The van der Waals surface area contributed by atoms with Gasteiger partial charge >= 0.3 is 0 Å². The van der Waals surface area contributed by atoms with Crippen LogP contribution >= 0.6 is 11.8 Å². The molecule has 2 heterocycles. The lowest BCUT2D eigenvalue weighted by atomic mass is 9.55. The van der Waals surface area contributed by atoms with Gasteiger partial charge in [-0.3, -0.25) is 4.79 Å². The van der Waals surface area contributed by atoms with Gasteiger partial charge in [-0.1, -0.05) is 42.3 Å². The van der Waals surface area contributed by atoms with E-state index in [1.807, 2.05) is 55.6 Å². The van der Waals surface area contributed by atoms with Crippen molar-refractivity contribution in [3.8, 4) is 23.0 Å². The number of rotatable bonds is 20. The van der Waals surface area contributed by atoms with Gasteiger partial charge in [0.2, 0.25) is 18.0 Å². The molecule has 61 heavy (non-hydrogen) atoms. The molecule has 11 nitrogen and oxygen atoms in total. The molecule has 0 radical (unpaired) electrons. The lowest BCUT2D eigenvalue weighted by molar-refractivity contribution is -0.255. The largest absolute Gasteiger partial charge is 0.497 e. The van der Waals surface area contributed by atoms with E-state index in [0.717, 1.165) is 78.0 Å². The van der Waals surface area contributed by atoms with Crippen molar-refractivity contribution in [1.29, 1.82) is 0 Å². The van der Waals surface area contributed by atoms with Crippen LogP contribution in [0.4, 0.5) is 0 Å². The Morgan fingerprint density at radius 3 is 2.51 bits per heavy atom. The maximum atomic E-state index is 14.6. The number of aliphatic hydroxyl groups excluding tert-OH is 2. The number of aliphatic hydroxyl groups is 2. The van der Waals surface area contributed by atoms with Crippen LogP contribution in [0.3, 0.4) is 0 Å². The molecule has 12 heteroatoms. The number of likely N-dealkylation sites (N-methyl/N-ethyl adjacent to an activating group) is 1. The minimum Gasteiger partial charge on any atom is -0.497 e. The number of benzene rings is 3. The van der Waals surface area contributed by atoms with Gasteiger partial charge in [0.1, 0.15) is 29.0 Å². The molecule has 3 aromatic carbocycles. The fourth-order valence-corrected chi connectivity index (χ4v) is 10.2. The van der Waals surface area contributed by atoms with Crippen molar-refractivity contribution in [2.45, 2.75) is 99.6 Å². The zero-order chi connectivity index (χ0) is 42.8. The molecule has 7 atom stereocenters. The highest BCUT2D eigenvalue weighted by Gasteiger charge is 2.65. The molecule has 7 rings (SSSR count). The van der Waals surface area contributed by atoms with E-state index >= 15 is 0 Å². The fraction of sp³-hybridized carbons (Fsp3) is 0.510. The van der Waals surface area contributed by atoms with Crippen molar-refractivity contribution < 1.29 is 43.5 Å². The summed E-state index contributed by atoms with van der Waals surface area (Å²) in [4.78, 5) is 23.8. The highest BCUT2D eigenvalue weighted by atomic mass is 32.2. The third-order valence-electron chi connectivity index (χ3n) is 12.7. The zero-order valence-corrected chi connectivity index (χ0v) is 36.7. The lowest BCUT2D eigenvalue weighted by Gasteiger charge is -2.59. The van der Waals surface area contributed by atoms with Gasteiger partial charge in [0.25, 0.3) is 0 Å². The second-order valence-electron chi connectivity index (χ2n) is 16.5. The van der Waals surface area contributed by atoms with Gasteiger partial charge in [-0.05, 0) is 122 Å². The number of hydrogen-bond donors (Lipinski definition) is 2. The molecule has 2 N–H and O–H groups in total. The summed E-state index contributed by atoms with van der Waals surface area (Å²) >= 11 is 1.68. The number of allylic oxidation sites excluding steroid dienone is 1. The number of oxime groups is 1. The lowest BCUT2D eigenvalue weighted by Crippen LogP contribution is -2.69. The van der Waals surface area contributed by atoms with E-state index < -0.39 is 24.0 Å². The molecule has 3 aromatic rings. The molecule has 1 saturated heterocycles. The van der Waals surface area contributed by atoms with E-state index in [2.05, 4.69) is 37.1 Å². The summed E-state index contributed by atoms with van der Waals surface area (Å²) in [6.45, 7) is 5.07. The van der Waals surface area contributed by atoms with E-state index in [9.17, 15) is 15.0 Å². The Hall–Kier alpha value is -4.33. The molecule has 4 aliphatic rings. The molecule has 2 aliphatic carbocycles. The van der Waals surface area contributed by atoms with Crippen molar-refractivity contribution in [3.63, 3.8) is 0 Å². The van der Waals surface area contributed by atoms with Crippen molar-refractivity contribution in [2.24, 2.45) is 22.9 Å². The first kappa shape index (κ1) is 44.7. The van der Waals surface area contributed by atoms with Gasteiger partial charge in [0.15, 0.2) is 0 Å². The molecule has 0 spiro atoms. The number of thioether (sulfide) groups is 1. The third-order valence-corrected chi connectivity index (χ3v) is 13.5. The van der Waals surface area contributed by atoms with E-state index in [1.54, 1.807) is 29.8 Å². The number of unbranched alkanes of at least 4 members (excludes halogenated alkanes) is 2. The van der Waals surface area contributed by atoms with Crippen LogP contribution in [0, 0.1) is 17.8 Å². The average molecular weight is 855 g/mol. The summed E-state index contributed by atoms with van der Waals surface area (Å²) in [6.07, 6.45) is 13.6. The number of carbonyl (C=O) groups excluding carboxylic acids is 1. The first-order valence-electron chi connectivity index (χ1n) is 21.9. The minimum atomic E-state index is -1.35. The van der Waals surface area contributed by atoms with Crippen LogP contribution in [0.15, 0.2) is 101 Å². The van der Waals surface area contributed by atoms with Crippen LogP contribution in [0.5, 0.6) is 23.0 Å². The Morgan fingerprint density at radius 2 is 1.79 bits per heavy atom. The Balaban J connectivity index is 1.39. The molecule has 1 amide bonds. The maximum absolute atomic E-state index is 14.6. The van der Waals surface area contributed by atoms with Gasteiger partial charge in [0, 0.05) is 49.5 Å². The third kappa shape index (κ3) is 10.2. The molecule has 2 aliphatic heterocycles. The van der Waals surface area contributed by atoms with E-state index in [4.69, 9.17) is 33.7 Å². The monoisotopic (exact) mass is 854 g/mol. The van der Waals surface area contributed by atoms with E-state index in [1.165, 1.54) is 0 Å². The minimum absolute atomic E-state index is 0.0878. The van der Waals surface area contributed by atoms with Crippen molar-refractivity contribution in [2.75, 3.05) is 46.8 Å². The van der Waals surface area contributed by atoms with Gasteiger partial charge < -0.3 is 43.6 Å². The Kier molecular flexibility index (Phi) is 15.5. The van der Waals surface area contributed by atoms with Crippen molar-refractivity contribution in [3.05, 3.63) is 102 Å². The molecule has 0 aromatic heterocycles. The number of carbonyl (C=O) groups is 1. The predicted molar refractivity (Wildman–Crippen MR) is 237 cm³/mol. The second kappa shape index (κ2) is 21.2. The normalized spacial score (nSPS) is 26.0. The first-order valence-corrected chi connectivity index (χ1v) is 23.1. The zero-order valence-electron chi connectivity index (χ0n) is 35.8. The molecule has 2 fully saturated rings. The summed E-state index contributed by atoms with van der Waals surface area (Å²) in [5.41, 5.74) is 3.54.